The Balaban J connectivity index is 1.29. The number of nitrogens with two attached hydrogens (primary N) is 1. The molecule has 5 rings (SSSR count). The minimum Gasteiger partial charge on any atom is -0.398 e. The van der Waals surface area contributed by atoms with Gasteiger partial charge in [0.15, 0.2) is 5.78 Å². The molecule has 0 amide bonds. The van der Waals surface area contributed by atoms with Crippen LogP contribution in [0.1, 0.15) is 39.6 Å². The number of nitrogen functional groups attached to an aromatic ring is 1. The van der Waals surface area contributed by atoms with Crippen molar-refractivity contribution in [3.63, 3.8) is 0 Å². The van der Waals surface area contributed by atoms with Crippen molar-refractivity contribution in [1.82, 2.24) is 9.97 Å². The van der Waals surface area contributed by atoms with Crippen molar-refractivity contribution in [3.8, 4) is 11.1 Å². The SMILES string of the molecule is CN1CCC(Cc2ncc(C(=O)Cc3cc(-c4ccccc4)ccc3N)cn2)c2ccccc21. The van der Waals surface area contributed by atoms with Gasteiger partial charge >= 0.3 is 0 Å². The number of aromatic nitrogens is 2. The first-order valence-electron chi connectivity index (χ1n) is 11.7. The van der Waals surface area contributed by atoms with Gasteiger partial charge in [0.1, 0.15) is 5.82 Å². The van der Waals surface area contributed by atoms with E-state index in [1.165, 1.54) is 11.3 Å². The van der Waals surface area contributed by atoms with Gasteiger partial charge in [-0.15, -0.1) is 0 Å². The van der Waals surface area contributed by atoms with Gasteiger partial charge in [0.2, 0.25) is 0 Å². The second-order valence-corrected chi connectivity index (χ2v) is 8.94. The summed E-state index contributed by atoms with van der Waals surface area (Å²) in [6.45, 7) is 1.02. The van der Waals surface area contributed by atoms with Gasteiger partial charge in [-0.05, 0) is 52.8 Å². The van der Waals surface area contributed by atoms with E-state index in [1.54, 1.807) is 12.4 Å². The highest BCUT2D eigenvalue weighted by Crippen LogP contribution is 2.35. The van der Waals surface area contributed by atoms with Crippen molar-refractivity contribution in [2.45, 2.75) is 25.2 Å². The molecule has 2 heterocycles. The standard InChI is InChI=1S/C29H28N4O/c1-33-14-13-22(25-9-5-6-10-27(25)33)17-29-31-18-24(19-32-29)28(34)16-23-15-21(11-12-26(23)30)20-7-3-2-4-8-20/h2-12,15,18-19,22H,13-14,16-17,30H2,1H3. The number of anilines is 2. The first-order valence-corrected chi connectivity index (χ1v) is 11.7. The quantitative estimate of drug-likeness (QED) is 0.319. The average molecular weight is 449 g/mol. The van der Waals surface area contributed by atoms with Crippen molar-refractivity contribution >= 4 is 17.2 Å². The number of ketones is 1. The molecule has 1 unspecified atom stereocenters. The van der Waals surface area contributed by atoms with Crippen LogP contribution in [-0.2, 0) is 12.8 Å². The first-order chi connectivity index (χ1) is 16.6. The number of nitrogens with zero attached hydrogens (tertiary/aromatic N) is 3. The normalized spacial score (nSPS) is 15.1. The van der Waals surface area contributed by atoms with E-state index in [0.717, 1.165) is 41.9 Å². The molecule has 0 saturated heterocycles. The summed E-state index contributed by atoms with van der Waals surface area (Å²) in [5, 5.41) is 0. The van der Waals surface area contributed by atoms with E-state index in [9.17, 15) is 4.79 Å². The highest BCUT2D eigenvalue weighted by molar-refractivity contribution is 5.97. The van der Waals surface area contributed by atoms with Crippen LogP contribution < -0.4 is 10.6 Å². The third-order valence-electron chi connectivity index (χ3n) is 6.66. The molecule has 5 heteroatoms. The van der Waals surface area contributed by atoms with Crippen LogP contribution in [0.5, 0.6) is 0 Å². The van der Waals surface area contributed by atoms with E-state index in [1.807, 2.05) is 48.5 Å². The predicted molar refractivity (Wildman–Crippen MR) is 137 cm³/mol. The molecule has 1 aliphatic rings. The van der Waals surface area contributed by atoms with Gasteiger partial charge in [-0.1, -0.05) is 54.6 Å². The second kappa shape index (κ2) is 9.48. The highest BCUT2D eigenvalue weighted by atomic mass is 16.1. The Bertz CT molecular complexity index is 1300. The zero-order chi connectivity index (χ0) is 23.5. The van der Waals surface area contributed by atoms with Crippen LogP contribution in [0.15, 0.2) is 85.2 Å². The largest absolute Gasteiger partial charge is 0.398 e. The number of hydrogen-bond donors (Lipinski definition) is 1. The molecule has 0 fully saturated rings. The first kappa shape index (κ1) is 21.8. The van der Waals surface area contributed by atoms with Gasteiger partial charge in [-0.25, -0.2) is 9.97 Å². The number of para-hydroxylation sites is 1. The fraction of sp³-hybridized carbons (Fsp3) is 0.207. The van der Waals surface area contributed by atoms with Crippen LogP contribution in [0.4, 0.5) is 11.4 Å². The molecule has 0 bridgehead atoms. The predicted octanol–water partition coefficient (Wildman–Crippen LogP) is 5.32. The number of rotatable bonds is 6. The molecular formula is C29H28N4O. The van der Waals surface area contributed by atoms with Crippen LogP contribution in [0.3, 0.4) is 0 Å². The van der Waals surface area contributed by atoms with Gasteiger partial charge in [-0.2, -0.15) is 0 Å². The van der Waals surface area contributed by atoms with Crippen molar-refractivity contribution in [1.29, 1.82) is 0 Å². The van der Waals surface area contributed by atoms with Gasteiger partial charge in [-0.3, -0.25) is 4.79 Å². The Morgan fingerprint density at radius 1 is 0.971 bits per heavy atom. The lowest BCUT2D eigenvalue weighted by Crippen LogP contribution is -2.28. The minimum absolute atomic E-state index is 0.0342. The molecule has 0 saturated carbocycles. The molecule has 34 heavy (non-hydrogen) atoms. The lowest BCUT2D eigenvalue weighted by atomic mass is 9.87. The fourth-order valence-corrected chi connectivity index (χ4v) is 4.69. The third-order valence-corrected chi connectivity index (χ3v) is 6.66. The van der Waals surface area contributed by atoms with E-state index < -0.39 is 0 Å². The maximum atomic E-state index is 13.0. The number of benzene rings is 3. The summed E-state index contributed by atoms with van der Waals surface area (Å²) in [6, 6.07) is 24.5. The third kappa shape index (κ3) is 4.55. The maximum absolute atomic E-state index is 13.0. The molecule has 5 nitrogen and oxygen atoms in total. The molecule has 1 atom stereocenters. The van der Waals surface area contributed by atoms with Crippen molar-refractivity contribution in [2.75, 3.05) is 24.2 Å². The van der Waals surface area contributed by atoms with E-state index in [-0.39, 0.29) is 12.2 Å². The Labute approximate surface area is 200 Å². The van der Waals surface area contributed by atoms with Gasteiger partial charge in [0.25, 0.3) is 0 Å². The number of fused-ring (bicyclic) bond motifs is 1. The molecule has 0 spiro atoms. The van der Waals surface area contributed by atoms with Crippen LogP contribution >= 0.6 is 0 Å². The van der Waals surface area contributed by atoms with Crippen LogP contribution in [0.2, 0.25) is 0 Å². The molecule has 4 aromatic rings. The van der Waals surface area contributed by atoms with E-state index in [2.05, 4.69) is 46.2 Å². The fourth-order valence-electron chi connectivity index (χ4n) is 4.69. The Morgan fingerprint density at radius 3 is 2.50 bits per heavy atom. The van der Waals surface area contributed by atoms with Gasteiger partial charge in [0, 0.05) is 50.2 Å². The summed E-state index contributed by atoms with van der Waals surface area (Å²) >= 11 is 0. The second-order valence-electron chi connectivity index (χ2n) is 8.94. The van der Waals surface area contributed by atoms with Crippen LogP contribution in [-0.4, -0.2) is 29.3 Å². The topological polar surface area (TPSA) is 72.1 Å². The Hall–Kier alpha value is -3.99. The molecule has 3 aromatic carbocycles. The summed E-state index contributed by atoms with van der Waals surface area (Å²) in [5.41, 5.74) is 12.9. The Kier molecular flexibility index (Phi) is 6.09. The van der Waals surface area contributed by atoms with E-state index in [0.29, 0.717) is 17.2 Å². The Morgan fingerprint density at radius 2 is 1.71 bits per heavy atom. The zero-order valence-electron chi connectivity index (χ0n) is 19.3. The molecule has 1 aliphatic heterocycles. The minimum atomic E-state index is -0.0342. The van der Waals surface area contributed by atoms with Crippen LogP contribution in [0.25, 0.3) is 11.1 Å². The zero-order valence-corrected chi connectivity index (χ0v) is 19.3. The average Bonchev–Trinajstić information content (AvgIpc) is 2.88. The summed E-state index contributed by atoms with van der Waals surface area (Å²) in [5.74, 6) is 1.12. The molecular weight excluding hydrogens is 420 g/mol. The highest BCUT2D eigenvalue weighted by Gasteiger charge is 2.24. The van der Waals surface area contributed by atoms with Crippen molar-refractivity contribution < 1.29 is 4.79 Å². The molecule has 0 aliphatic carbocycles. The van der Waals surface area contributed by atoms with Crippen molar-refractivity contribution in [3.05, 3.63) is 108 Å². The van der Waals surface area contributed by atoms with E-state index >= 15 is 0 Å². The van der Waals surface area contributed by atoms with Crippen molar-refractivity contribution in [2.24, 2.45) is 0 Å². The van der Waals surface area contributed by atoms with Crippen LogP contribution in [0, 0.1) is 0 Å². The summed E-state index contributed by atoms with van der Waals surface area (Å²) in [4.78, 5) is 24.3. The van der Waals surface area contributed by atoms with Gasteiger partial charge < -0.3 is 10.6 Å². The molecule has 2 N–H and O–H groups in total. The van der Waals surface area contributed by atoms with E-state index in [4.69, 9.17) is 5.73 Å². The number of Topliss-reactive ketones (excluding diaryl/α,β-unsaturated/α-hetero) is 1. The maximum Gasteiger partial charge on any atom is 0.170 e. The summed E-state index contributed by atoms with van der Waals surface area (Å²) in [7, 11) is 2.13. The van der Waals surface area contributed by atoms with Gasteiger partial charge in [0.05, 0.1) is 5.56 Å². The molecule has 170 valence electrons. The monoisotopic (exact) mass is 448 g/mol. The lowest BCUT2D eigenvalue weighted by Gasteiger charge is -2.32. The summed E-state index contributed by atoms with van der Waals surface area (Å²) < 4.78 is 0. The summed E-state index contributed by atoms with van der Waals surface area (Å²) in [6.07, 6.45) is 5.36. The lowest BCUT2D eigenvalue weighted by molar-refractivity contribution is 0.0992. The smallest absolute Gasteiger partial charge is 0.170 e. The number of carbonyl (C=O) groups is 1. The number of hydrogen-bond acceptors (Lipinski definition) is 5. The molecule has 0 radical (unpaired) electrons. The number of carbonyl (C=O) groups excluding carboxylic acids is 1. The molecule has 1 aromatic heterocycles.